The van der Waals surface area contributed by atoms with Crippen LogP contribution in [-0.4, -0.2) is 5.11 Å². The van der Waals surface area contributed by atoms with Crippen LogP contribution in [0.3, 0.4) is 0 Å². The van der Waals surface area contributed by atoms with Gasteiger partial charge in [-0.3, -0.25) is 0 Å². The summed E-state index contributed by atoms with van der Waals surface area (Å²) in [6.45, 7) is 0. The second-order valence-corrected chi connectivity index (χ2v) is 5.42. The number of alkyl halides is 1. The number of phenolic OH excluding ortho intramolecular Hbond substituents is 1. The lowest BCUT2D eigenvalue weighted by molar-refractivity contribution is 0.401. The highest BCUT2D eigenvalue weighted by Crippen LogP contribution is 2.42. The number of rotatable bonds is 5. The molecular formula is C19H15BrO3. The largest absolute Gasteiger partial charge is 0.504 e. The van der Waals surface area contributed by atoms with Gasteiger partial charge in [0.15, 0.2) is 11.5 Å². The van der Waals surface area contributed by atoms with Crippen LogP contribution in [0.15, 0.2) is 72.8 Å². The first-order valence-electron chi connectivity index (χ1n) is 7.14. The molecule has 0 saturated carbocycles. The predicted molar refractivity (Wildman–Crippen MR) is 93.8 cm³/mol. The van der Waals surface area contributed by atoms with Crippen molar-refractivity contribution >= 4 is 15.9 Å². The maximum atomic E-state index is 10.2. The zero-order valence-corrected chi connectivity index (χ0v) is 13.9. The molecular weight excluding hydrogens is 356 g/mol. The number of aromatic hydroxyl groups is 1. The Bertz CT molecular complexity index is 773. The number of hydrogen-bond acceptors (Lipinski definition) is 3. The summed E-state index contributed by atoms with van der Waals surface area (Å²) in [4.78, 5) is 0. The molecule has 3 nitrogen and oxygen atoms in total. The van der Waals surface area contributed by atoms with E-state index in [1.165, 1.54) is 0 Å². The first-order valence-corrected chi connectivity index (χ1v) is 8.26. The minimum Gasteiger partial charge on any atom is -0.504 e. The van der Waals surface area contributed by atoms with Gasteiger partial charge in [0.2, 0.25) is 0 Å². The molecule has 0 aliphatic rings. The minimum atomic E-state index is 0.0729. The van der Waals surface area contributed by atoms with E-state index in [-0.39, 0.29) is 5.75 Å². The standard InChI is InChI=1S/C19H15BrO3/c20-13-16-18(22-14-7-3-1-4-8-14)12-11-17(21)19(16)23-15-9-5-2-6-10-15/h1-12,21H,13H2. The van der Waals surface area contributed by atoms with Gasteiger partial charge in [0.05, 0.1) is 5.56 Å². The van der Waals surface area contributed by atoms with Crippen molar-refractivity contribution in [2.75, 3.05) is 0 Å². The third kappa shape index (κ3) is 3.66. The molecule has 1 N–H and O–H groups in total. The summed E-state index contributed by atoms with van der Waals surface area (Å²) >= 11 is 3.45. The molecule has 0 amide bonds. The van der Waals surface area contributed by atoms with Gasteiger partial charge in [0.1, 0.15) is 17.2 Å². The Labute approximate surface area is 143 Å². The summed E-state index contributed by atoms with van der Waals surface area (Å²) in [5, 5.41) is 10.7. The monoisotopic (exact) mass is 370 g/mol. The fraction of sp³-hybridized carbons (Fsp3) is 0.0526. The van der Waals surface area contributed by atoms with E-state index < -0.39 is 0 Å². The Balaban J connectivity index is 1.97. The molecule has 3 rings (SSSR count). The van der Waals surface area contributed by atoms with Gasteiger partial charge < -0.3 is 14.6 Å². The van der Waals surface area contributed by atoms with Crippen LogP contribution in [0.2, 0.25) is 0 Å². The molecule has 0 bridgehead atoms. The molecule has 0 saturated heterocycles. The van der Waals surface area contributed by atoms with E-state index in [1.54, 1.807) is 12.1 Å². The second kappa shape index (κ2) is 7.20. The first kappa shape index (κ1) is 15.4. The number of phenols is 1. The third-order valence-corrected chi connectivity index (χ3v) is 3.83. The molecule has 0 atom stereocenters. The number of hydrogen-bond donors (Lipinski definition) is 1. The van der Waals surface area contributed by atoms with Gasteiger partial charge in [0.25, 0.3) is 0 Å². The Hall–Kier alpha value is -2.46. The van der Waals surface area contributed by atoms with Crippen molar-refractivity contribution in [3.63, 3.8) is 0 Å². The molecule has 3 aromatic rings. The second-order valence-electron chi connectivity index (χ2n) is 4.85. The van der Waals surface area contributed by atoms with Crippen molar-refractivity contribution < 1.29 is 14.6 Å². The molecule has 0 spiro atoms. The average molecular weight is 371 g/mol. The smallest absolute Gasteiger partial charge is 0.176 e. The molecule has 0 aliphatic carbocycles. The topological polar surface area (TPSA) is 38.7 Å². The van der Waals surface area contributed by atoms with E-state index in [0.717, 1.165) is 11.3 Å². The molecule has 0 radical (unpaired) electrons. The molecule has 0 aromatic heterocycles. The van der Waals surface area contributed by atoms with E-state index in [1.807, 2.05) is 60.7 Å². The Morgan fingerprint density at radius 1 is 0.739 bits per heavy atom. The van der Waals surface area contributed by atoms with Gasteiger partial charge in [-0.1, -0.05) is 52.3 Å². The minimum absolute atomic E-state index is 0.0729. The van der Waals surface area contributed by atoms with Crippen LogP contribution >= 0.6 is 15.9 Å². The zero-order chi connectivity index (χ0) is 16.1. The highest BCUT2D eigenvalue weighted by atomic mass is 79.9. The Kier molecular flexibility index (Phi) is 4.83. The molecule has 0 unspecified atom stereocenters. The normalized spacial score (nSPS) is 10.3. The van der Waals surface area contributed by atoms with E-state index in [0.29, 0.717) is 22.6 Å². The summed E-state index contributed by atoms with van der Waals surface area (Å²) in [5.74, 6) is 2.48. The molecule has 4 heteroatoms. The van der Waals surface area contributed by atoms with Gasteiger partial charge in [-0.15, -0.1) is 0 Å². The van der Waals surface area contributed by atoms with Crippen LogP contribution < -0.4 is 9.47 Å². The molecule has 23 heavy (non-hydrogen) atoms. The van der Waals surface area contributed by atoms with Gasteiger partial charge in [-0.25, -0.2) is 0 Å². The van der Waals surface area contributed by atoms with E-state index >= 15 is 0 Å². The van der Waals surface area contributed by atoms with E-state index in [9.17, 15) is 5.11 Å². The fourth-order valence-corrected chi connectivity index (χ4v) is 2.69. The maximum Gasteiger partial charge on any atom is 0.176 e. The lowest BCUT2D eigenvalue weighted by Gasteiger charge is -2.16. The fourth-order valence-electron chi connectivity index (χ4n) is 2.16. The van der Waals surface area contributed by atoms with Crippen molar-refractivity contribution in [3.05, 3.63) is 78.4 Å². The highest BCUT2D eigenvalue weighted by Gasteiger charge is 2.16. The summed E-state index contributed by atoms with van der Waals surface area (Å²) in [6, 6.07) is 22.1. The van der Waals surface area contributed by atoms with Crippen molar-refractivity contribution in [2.24, 2.45) is 0 Å². The van der Waals surface area contributed by atoms with Crippen LogP contribution in [0.25, 0.3) is 0 Å². The number of ether oxygens (including phenoxy) is 2. The van der Waals surface area contributed by atoms with E-state index in [2.05, 4.69) is 15.9 Å². The van der Waals surface area contributed by atoms with E-state index in [4.69, 9.17) is 9.47 Å². The van der Waals surface area contributed by atoms with Crippen LogP contribution in [0.1, 0.15) is 5.56 Å². The zero-order valence-electron chi connectivity index (χ0n) is 12.3. The summed E-state index contributed by atoms with van der Waals surface area (Å²) in [5.41, 5.74) is 0.748. The lowest BCUT2D eigenvalue weighted by Crippen LogP contribution is -1.95. The molecule has 116 valence electrons. The van der Waals surface area contributed by atoms with Gasteiger partial charge in [-0.2, -0.15) is 0 Å². The average Bonchev–Trinajstić information content (AvgIpc) is 2.60. The molecule has 0 aliphatic heterocycles. The third-order valence-electron chi connectivity index (χ3n) is 3.26. The number of halogens is 1. The summed E-state index contributed by atoms with van der Waals surface area (Å²) in [6.07, 6.45) is 0. The van der Waals surface area contributed by atoms with Gasteiger partial charge >= 0.3 is 0 Å². The summed E-state index contributed by atoms with van der Waals surface area (Å²) < 4.78 is 11.8. The summed E-state index contributed by atoms with van der Waals surface area (Å²) in [7, 11) is 0. The Morgan fingerprint density at radius 2 is 1.30 bits per heavy atom. The number of para-hydroxylation sites is 2. The predicted octanol–water partition coefficient (Wildman–Crippen LogP) is 5.87. The van der Waals surface area contributed by atoms with Crippen LogP contribution in [0, 0.1) is 0 Å². The first-order chi connectivity index (χ1) is 11.3. The van der Waals surface area contributed by atoms with Gasteiger partial charge in [0, 0.05) is 5.33 Å². The highest BCUT2D eigenvalue weighted by molar-refractivity contribution is 9.08. The molecule has 3 aromatic carbocycles. The maximum absolute atomic E-state index is 10.2. The van der Waals surface area contributed by atoms with Crippen LogP contribution in [0.4, 0.5) is 0 Å². The molecule has 0 heterocycles. The van der Waals surface area contributed by atoms with Crippen LogP contribution in [-0.2, 0) is 5.33 Å². The molecule has 0 fully saturated rings. The van der Waals surface area contributed by atoms with Crippen molar-refractivity contribution in [1.82, 2.24) is 0 Å². The van der Waals surface area contributed by atoms with Crippen molar-refractivity contribution in [3.8, 4) is 28.7 Å². The van der Waals surface area contributed by atoms with Crippen LogP contribution in [0.5, 0.6) is 28.7 Å². The number of benzene rings is 3. The van der Waals surface area contributed by atoms with Crippen molar-refractivity contribution in [2.45, 2.75) is 5.33 Å². The lowest BCUT2D eigenvalue weighted by atomic mass is 10.2. The quantitative estimate of drug-likeness (QED) is 0.570. The Morgan fingerprint density at radius 3 is 1.87 bits per heavy atom. The SMILES string of the molecule is Oc1ccc(Oc2ccccc2)c(CBr)c1Oc1ccccc1. The van der Waals surface area contributed by atoms with Crippen molar-refractivity contribution in [1.29, 1.82) is 0 Å². The van der Waals surface area contributed by atoms with Gasteiger partial charge in [-0.05, 0) is 36.4 Å².